The van der Waals surface area contributed by atoms with Crippen LogP contribution in [0.2, 0.25) is 0 Å². The molecule has 1 aliphatic rings. The van der Waals surface area contributed by atoms with E-state index in [0.717, 1.165) is 37.8 Å². The van der Waals surface area contributed by atoms with Crippen molar-refractivity contribution in [3.05, 3.63) is 42.0 Å². The number of piperidine rings is 1. The molecule has 1 aromatic carbocycles. The van der Waals surface area contributed by atoms with Crippen molar-refractivity contribution in [2.75, 3.05) is 23.3 Å². The van der Waals surface area contributed by atoms with Crippen molar-refractivity contribution >= 4 is 23.4 Å². The second-order valence-electron chi connectivity index (χ2n) is 7.38. The second kappa shape index (κ2) is 8.86. The number of anilines is 3. The van der Waals surface area contributed by atoms with E-state index in [4.69, 9.17) is 5.73 Å². The van der Waals surface area contributed by atoms with Gasteiger partial charge in [0.1, 0.15) is 12.4 Å². The number of hydrogen-bond donors (Lipinski definition) is 2. The Morgan fingerprint density at radius 3 is 2.54 bits per heavy atom. The molecule has 1 aliphatic heterocycles. The van der Waals surface area contributed by atoms with E-state index in [2.05, 4.69) is 38.8 Å². The van der Waals surface area contributed by atoms with Crippen molar-refractivity contribution in [2.45, 2.75) is 33.3 Å². The molecule has 150 valence electrons. The summed E-state index contributed by atoms with van der Waals surface area (Å²) in [6.45, 7) is 6.28. The van der Waals surface area contributed by atoms with Crippen molar-refractivity contribution in [2.24, 2.45) is 17.6 Å². The molecule has 8 heteroatoms. The highest BCUT2D eigenvalue weighted by Crippen LogP contribution is 2.26. The number of nitrogens with one attached hydrogen (secondary N) is 1. The SMILES string of the molecule is CC(C)C1CCN(c2ncc(Nc3ccc(COC(N)=O)c(F)c3)cn2)CC1. The van der Waals surface area contributed by atoms with Crippen LogP contribution in [0.4, 0.5) is 26.5 Å². The molecule has 2 heterocycles. The largest absolute Gasteiger partial charge is 0.445 e. The minimum Gasteiger partial charge on any atom is -0.445 e. The average molecular weight is 387 g/mol. The van der Waals surface area contributed by atoms with E-state index in [-0.39, 0.29) is 12.2 Å². The van der Waals surface area contributed by atoms with Crippen LogP contribution >= 0.6 is 0 Å². The maximum atomic E-state index is 14.1. The van der Waals surface area contributed by atoms with E-state index in [9.17, 15) is 9.18 Å². The molecule has 3 N–H and O–H groups in total. The Labute approximate surface area is 164 Å². The summed E-state index contributed by atoms with van der Waals surface area (Å²) in [6, 6.07) is 4.55. The molecule has 28 heavy (non-hydrogen) atoms. The zero-order chi connectivity index (χ0) is 20.1. The Bertz CT molecular complexity index is 805. The Hall–Kier alpha value is -2.90. The number of nitrogens with two attached hydrogens (primary N) is 1. The number of hydrogen-bond acceptors (Lipinski definition) is 6. The first-order chi connectivity index (χ1) is 13.4. The molecule has 7 nitrogen and oxygen atoms in total. The molecule has 0 unspecified atom stereocenters. The third kappa shape index (κ3) is 5.09. The second-order valence-corrected chi connectivity index (χ2v) is 7.38. The number of rotatable bonds is 6. The highest BCUT2D eigenvalue weighted by Gasteiger charge is 2.22. The maximum Gasteiger partial charge on any atom is 0.404 e. The lowest BCUT2D eigenvalue weighted by Gasteiger charge is -2.33. The molecule has 1 saturated heterocycles. The van der Waals surface area contributed by atoms with Gasteiger partial charge in [-0.2, -0.15) is 0 Å². The monoisotopic (exact) mass is 387 g/mol. The van der Waals surface area contributed by atoms with E-state index < -0.39 is 11.9 Å². The lowest BCUT2D eigenvalue weighted by molar-refractivity contribution is 0.149. The zero-order valence-corrected chi connectivity index (χ0v) is 16.2. The van der Waals surface area contributed by atoms with Crippen LogP contribution < -0.4 is 16.0 Å². The van der Waals surface area contributed by atoms with Gasteiger partial charge in [-0.3, -0.25) is 0 Å². The number of ether oxygens (including phenoxy) is 1. The number of carbonyl (C=O) groups excluding carboxylic acids is 1. The third-order valence-electron chi connectivity index (χ3n) is 5.12. The fourth-order valence-corrected chi connectivity index (χ4v) is 3.37. The van der Waals surface area contributed by atoms with E-state index in [1.807, 2.05) is 0 Å². The van der Waals surface area contributed by atoms with Crippen molar-refractivity contribution in [3.8, 4) is 0 Å². The smallest absolute Gasteiger partial charge is 0.404 e. The van der Waals surface area contributed by atoms with Gasteiger partial charge in [0.15, 0.2) is 0 Å². The van der Waals surface area contributed by atoms with Crippen molar-refractivity contribution in [1.82, 2.24) is 9.97 Å². The molecular weight excluding hydrogens is 361 g/mol. The summed E-state index contributed by atoms with van der Waals surface area (Å²) >= 11 is 0. The maximum absolute atomic E-state index is 14.1. The summed E-state index contributed by atoms with van der Waals surface area (Å²) in [5, 5.41) is 3.07. The quantitative estimate of drug-likeness (QED) is 0.782. The van der Waals surface area contributed by atoms with Gasteiger partial charge in [0, 0.05) is 24.3 Å². The van der Waals surface area contributed by atoms with Gasteiger partial charge in [-0.05, 0) is 36.8 Å². The number of benzene rings is 1. The van der Waals surface area contributed by atoms with Gasteiger partial charge in [-0.15, -0.1) is 0 Å². The summed E-state index contributed by atoms with van der Waals surface area (Å²) in [5.41, 5.74) is 6.36. The topological polar surface area (TPSA) is 93.4 Å². The first-order valence-corrected chi connectivity index (χ1v) is 9.47. The van der Waals surface area contributed by atoms with Gasteiger partial charge in [0.2, 0.25) is 5.95 Å². The standard InChI is InChI=1S/C20H26FN5O2/c1-13(2)14-5-7-26(8-6-14)20-23-10-17(11-24-20)25-16-4-3-15(18(21)9-16)12-28-19(22)27/h3-4,9-11,13-14,25H,5-8,12H2,1-2H3,(H2,22,27). The van der Waals surface area contributed by atoms with Crippen LogP contribution in [0.15, 0.2) is 30.6 Å². The molecule has 3 rings (SSSR count). The molecule has 0 atom stereocenters. The number of nitrogens with zero attached hydrogens (tertiary/aromatic N) is 3. The van der Waals surface area contributed by atoms with Crippen LogP contribution in [0.3, 0.4) is 0 Å². The number of amides is 1. The number of halogens is 1. The summed E-state index contributed by atoms with van der Waals surface area (Å²) in [7, 11) is 0. The Kier molecular flexibility index (Phi) is 6.28. The van der Waals surface area contributed by atoms with E-state index in [0.29, 0.717) is 17.3 Å². The number of primary amides is 1. The van der Waals surface area contributed by atoms with Crippen LogP contribution in [0.5, 0.6) is 0 Å². The lowest BCUT2D eigenvalue weighted by Crippen LogP contribution is -2.36. The van der Waals surface area contributed by atoms with Crippen molar-refractivity contribution in [1.29, 1.82) is 0 Å². The first-order valence-electron chi connectivity index (χ1n) is 9.47. The van der Waals surface area contributed by atoms with Crippen LogP contribution in [-0.2, 0) is 11.3 Å². The molecular formula is C20H26FN5O2. The Morgan fingerprint density at radius 1 is 1.29 bits per heavy atom. The van der Waals surface area contributed by atoms with Crippen LogP contribution in [0, 0.1) is 17.7 Å². The van der Waals surface area contributed by atoms with Gasteiger partial charge in [0.25, 0.3) is 0 Å². The molecule has 1 fully saturated rings. The summed E-state index contributed by atoms with van der Waals surface area (Å²) in [6.07, 6.45) is 4.77. The minimum atomic E-state index is -0.938. The van der Waals surface area contributed by atoms with Crippen molar-refractivity contribution in [3.63, 3.8) is 0 Å². The fourth-order valence-electron chi connectivity index (χ4n) is 3.37. The molecule has 2 aromatic rings. The predicted octanol–water partition coefficient (Wildman–Crippen LogP) is 3.83. The van der Waals surface area contributed by atoms with E-state index >= 15 is 0 Å². The van der Waals surface area contributed by atoms with E-state index in [1.54, 1.807) is 18.5 Å². The molecule has 0 aliphatic carbocycles. The summed E-state index contributed by atoms with van der Waals surface area (Å²) in [5.74, 6) is 1.71. The van der Waals surface area contributed by atoms with E-state index in [1.165, 1.54) is 12.1 Å². The summed E-state index contributed by atoms with van der Waals surface area (Å²) in [4.78, 5) is 21.7. The fraction of sp³-hybridized carbons (Fsp3) is 0.450. The molecule has 0 bridgehead atoms. The Balaban J connectivity index is 1.58. The predicted molar refractivity (Wildman–Crippen MR) is 106 cm³/mol. The van der Waals surface area contributed by atoms with Gasteiger partial charge < -0.3 is 20.7 Å². The van der Waals surface area contributed by atoms with Gasteiger partial charge in [-0.25, -0.2) is 19.2 Å². The van der Waals surface area contributed by atoms with Crippen LogP contribution in [-0.4, -0.2) is 29.2 Å². The Morgan fingerprint density at radius 2 is 1.96 bits per heavy atom. The number of carbonyl (C=O) groups is 1. The highest BCUT2D eigenvalue weighted by atomic mass is 19.1. The first kappa shape index (κ1) is 19.9. The van der Waals surface area contributed by atoms with Gasteiger partial charge >= 0.3 is 6.09 Å². The molecule has 0 spiro atoms. The van der Waals surface area contributed by atoms with Crippen LogP contribution in [0.25, 0.3) is 0 Å². The van der Waals surface area contributed by atoms with Crippen molar-refractivity contribution < 1.29 is 13.9 Å². The lowest BCUT2D eigenvalue weighted by atomic mass is 9.87. The highest BCUT2D eigenvalue weighted by molar-refractivity contribution is 5.64. The van der Waals surface area contributed by atoms with Gasteiger partial charge in [0.05, 0.1) is 18.1 Å². The number of aromatic nitrogens is 2. The normalized spacial score (nSPS) is 14.9. The summed E-state index contributed by atoms with van der Waals surface area (Å²) < 4.78 is 18.7. The average Bonchev–Trinajstić information content (AvgIpc) is 2.68. The molecule has 1 amide bonds. The zero-order valence-electron chi connectivity index (χ0n) is 16.2. The minimum absolute atomic E-state index is 0.202. The third-order valence-corrected chi connectivity index (χ3v) is 5.12. The van der Waals surface area contributed by atoms with Gasteiger partial charge in [-0.1, -0.05) is 19.9 Å². The molecule has 0 radical (unpaired) electrons. The van der Waals surface area contributed by atoms with Crippen LogP contribution in [0.1, 0.15) is 32.3 Å². The molecule has 1 aromatic heterocycles. The molecule has 0 saturated carbocycles.